The van der Waals surface area contributed by atoms with Gasteiger partial charge in [-0.25, -0.2) is 4.57 Å². The van der Waals surface area contributed by atoms with Crippen LogP contribution in [0.15, 0.2) is 36.5 Å². The first-order valence-electron chi connectivity index (χ1n) is 24.0. The third-order valence-corrected chi connectivity index (χ3v) is 11.4. The van der Waals surface area contributed by atoms with Gasteiger partial charge in [0.1, 0.15) is 12.1 Å². The molecule has 0 aliphatic carbocycles. The van der Waals surface area contributed by atoms with Crippen LogP contribution in [-0.4, -0.2) is 60.5 Å². The minimum Gasteiger partial charge on any atom is -0.480 e. The van der Waals surface area contributed by atoms with Gasteiger partial charge in [0.15, 0.2) is 0 Å². The Morgan fingerprint density at radius 2 is 0.983 bits per heavy atom. The zero-order valence-corrected chi connectivity index (χ0v) is 38.7. The molecule has 346 valence electrons. The number of nitrogens with two attached hydrogens (primary N) is 1. The average Bonchev–Trinajstić information content (AvgIpc) is 3.21. The van der Waals surface area contributed by atoms with E-state index in [2.05, 4.69) is 50.3 Å². The molecule has 0 saturated carbocycles. The fourth-order valence-electron chi connectivity index (χ4n) is 6.74. The number of esters is 1. The predicted octanol–water partition coefficient (Wildman–Crippen LogP) is 13.7. The lowest BCUT2D eigenvalue weighted by Gasteiger charge is -2.20. The molecule has 59 heavy (non-hydrogen) atoms. The number of carboxylic acid groups (broad SMARTS) is 1. The Morgan fingerprint density at radius 3 is 1.47 bits per heavy atom. The molecule has 4 N–H and O–H groups in total. The van der Waals surface area contributed by atoms with Gasteiger partial charge in [0.2, 0.25) is 0 Å². The van der Waals surface area contributed by atoms with Gasteiger partial charge in [-0.3, -0.25) is 18.6 Å². The highest BCUT2D eigenvalue weighted by Crippen LogP contribution is 2.43. The normalized spacial score (nSPS) is 14.1. The SMILES string of the molecule is CC/C=C\C/C=C\C/C=C\CCCCCCCCCCOCC(COP(=O)(O)OCC(N)C(=O)O)OC(=O)CCCCCCCCCCCCCCCCCCCCC. The van der Waals surface area contributed by atoms with Crippen LogP contribution in [-0.2, 0) is 32.7 Å². The van der Waals surface area contributed by atoms with Crippen molar-refractivity contribution in [3.8, 4) is 0 Å². The molecule has 11 heteroatoms. The van der Waals surface area contributed by atoms with E-state index in [1.807, 2.05) is 0 Å². The number of phosphoric acid groups is 1. The van der Waals surface area contributed by atoms with Crippen LogP contribution in [0.25, 0.3) is 0 Å². The van der Waals surface area contributed by atoms with E-state index >= 15 is 0 Å². The highest BCUT2D eigenvalue weighted by molar-refractivity contribution is 7.47. The molecule has 0 aliphatic rings. The van der Waals surface area contributed by atoms with Crippen LogP contribution in [0.4, 0.5) is 0 Å². The first-order valence-corrected chi connectivity index (χ1v) is 25.5. The summed E-state index contributed by atoms with van der Waals surface area (Å²) in [5.74, 6) is -1.77. The van der Waals surface area contributed by atoms with Gasteiger partial charge in [0.05, 0.1) is 19.8 Å². The Labute approximate surface area is 361 Å². The van der Waals surface area contributed by atoms with Gasteiger partial charge in [0.25, 0.3) is 0 Å². The fraction of sp³-hybridized carbons (Fsp3) is 0.833. The van der Waals surface area contributed by atoms with E-state index in [1.54, 1.807) is 0 Å². The number of unbranched alkanes of at least 4 members (excludes halogenated alkanes) is 26. The summed E-state index contributed by atoms with van der Waals surface area (Å²) < 4.78 is 33.5. The van der Waals surface area contributed by atoms with Crippen molar-refractivity contribution in [2.24, 2.45) is 5.73 Å². The largest absolute Gasteiger partial charge is 0.480 e. The summed E-state index contributed by atoms with van der Waals surface area (Å²) in [6.07, 6.45) is 50.5. The molecule has 0 amide bonds. The van der Waals surface area contributed by atoms with E-state index in [4.69, 9.17) is 29.4 Å². The molecule has 0 aromatic heterocycles. The summed E-state index contributed by atoms with van der Waals surface area (Å²) in [5, 5.41) is 8.91. The monoisotopic (exact) mass is 856 g/mol. The van der Waals surface area contributed by atoms with Gasteiger partial charge < -0.3 is 25.2 Å². The number of carboxylic acids is 1. The molecule has 0 saturated heterocycles. The van der Waals surface area contributed by atoms with Crippen molar-refractivity contribution < 1.29 is 42.7 Å². The van der Waals surface area contributed by atoms with Gasteiger partial charge in [-0.2, -0.15) is 0 Å². The zero-order chi connectivity index (χ0) is 43.3. The van der Waals surface area contributed by atoms with E-state index < -0.39 is 45.1 Å². The number of aliphatic carboxylic acids is 1. The van der Waals surface area contributed by atoms with Crippen LogP contribution in [0.3, 0.4) is 0 Å². The summed E-state index contributed by atoms with van der Waals surface area (Å²) in [6, 6.07) is -1.47. The lowest BCUT2D eigenvalue weighted by Crippen LogP contribution is -2.34. The predicted molar refractivity (Wildman–Crippen MR) is 245 cm³/mol. The van der Waals surface area contributed by atoms with Crippen molar-refractivity contribution in [2.45, 2.75) is 231 Å². The average molecular weight is 856 g/mol. The lowest BCUT2D eigenvalue weighted by molar-refractivity contribution is -0.154. The summed E-state index contributed by atoms with van der Waals surface area (Å²) in [4.78, 5) is 33.6. The number of rotatable bonds is 46. The number of ether oxygens (including phenoxy) is 2. The van der Waals surface area contributed by atoms with Gasteiger partial charge in [0, 0.05) is 13.0 Å². The quantitative estimate of drug-likeness (QED) is 0.0233. The van der Waals surface area contributed by atoms with Crippen molar-refractivity contribution in [1.29, 1.82) is 0 Å². The maximum absolute atomic E-state index is 12.7. The Kier molecular flexibility index (Phi) is 42.9. The molecular formula is C48H90NO9P. The number of phosphoric ester groups is 1. The van der Waals surface area contributed by atoms with Crippen LogP contribution >= 0.6 is 7.82 Å². The van der Waals surface area contributed by atoms with Crippen molar-refractivity contribution in [1.82, 2.24) is 0 Å². The highest BCUT2D eigenvalue weighted by atomic mass is 31.2. The number of hydrogen-bond acceptors (Lipinski definition) is 8. The van der Waals surface area contributed by atoms with Crippen LogP contribution in [0.2, 0.25) is 0 Å². The van der Waals surface area contributed by atoms with Gasteiger partial charge in [-0.1, -0.05) is 204 Å². The summed E-state index contributed by atoms with van der Waals surface area (Å²) >= 11 is 0. The number of hydrogen-bond donors (Lipinski definition) is 3. The number of carbonyl (C=O) groups is 2. The minimum atomic E-state index is -4.62. The zero-order valence-electron chi connectivity index (χ0n) is 37.9. The second-order valence-corrected chi connectivity index (χ2v) is 17.7. The first-order chi connectivity index (χ1) is 28.7. The van der Waals surface area contributed by atoms with E-state index in [9.17, 15) is 19.0 Å². The first kappa shape index (κ1) is 57.2. The molecular weight excluding hydrogens is 765 g/mol. The van der Waals surface area contributed by atoms with E-state index in [0.717, 1.165) is 57.8 Å². The smallest absolute Gasteiger partial charge is 0.472 e. The molecule has 3 unspecified atom stereocenters. The minimum absolute atomic E-state index is 0.0145. The Morgan fingerprint density at radius 1 is 0.559 bits per heavy atom. The molecule has 0 aromatic carbocycles. The van der Waals surface area contributed by atoms with Crippen molar-refractivity contribution in [3.05, 3.63) is 36.5 Å². The second-order valence-electron chi connectivity index (χ2n) is 16.2. The van der Waals surface area contributed by atoms with Gasteiger partial charge in [-0.05, 0) is 44.9 Å². The number of carbonyl (C=O) groups excluding carboxylic acids is 1. The van der Waals surface area contributed by atoms with Crippen molar-refractivity contribution in [2.75, 3.05) is 26.4 Å². The van der Waals surface area contributed by atoms with Crippen LogP contribution in [0, 0.1) is 0 Å². The van der Waals surface area contributed by atoms with Crippen LogP contribution < -0.4 is 5.73 Å². The number of allylic oxidation sites excluding steroid dienone is 6. The molecule has 3 atom stereocenters. The molecule has 0 rings (SSSR count). The topological polar surface area (TPSA) is 155 Å². The summed E-state index contributed by atoms with van der Waals surface area (Å²) in [6.45, 7) is 3.79. The van der Waals surface area contributed by atoms with Crippen molar-refractivity contribution in [3.63, 3.8) is 0 Å². The second kappa shape index (κ2) is 44.3. The maximum Gasteiger partial charge on any atom is 0.472 e. The van der Waals surface area contributed by atoms with E-state index in [-0.39, 0.29) is 13.0 Å². The molecule has 0 radical (unpaired) electrons. The van der Waals surface area contributed by atoms with Crippen LogP contribution in [0.5, 0.6) is 0 Å². The lowest BCUT2D eigenvalue weighted by atomic mass is 10.0. The standard InChI is InChI=1S/C48H90NO9P/c1-3-5-7-9-11-13-15-17-19-21-23-24-26-28-30-32-34-36-38-40-47(50)58-45(43-56-59(53,54)57-44-46(49)48(51)52)42-55-41-39-37-35-33-31-29-27-25-22-20-18-16-14-12-10-8-6-4-2/h6,8,12,14,18,20,45-46H,3-5,7,9-11,13,15-17,19,21-44,49H2,1-2H3,(H,51,52)(H,53,54)/b8-6-,14-12-,20-18-. The molecule has 0 spiro atoms. The Bertz CT molecular complexity index is 1080. The molecule has 0 bridgehead atoms. The Balaban J connectivity index is 4.16. The maximum atomic E-state index is 12.7. The molecule has 0 fully saturated rings. The molecule has 0 aliphatic heterocycles. The third-order valence-electron chi connectivity index (χ3n) is 10.4. The molecule has 10 nitrogen and oxygen atoms in total. The van der Waals surface area contributed by atoms with Crippen molar-refractivity contribution >= 4 is 19.8 Å². The third kappa shape index (κ3) is 44.1. The van der Waals surface area contributed by atoms with E-state index in [1.165, 1.54) is 135 Å². The summed E-state index contributed by atoms with van der Waals surface area (Å²) in [5.41, 5.74) is 5.37. The van der Waals surface area contributed by atoms with E-state index in [0.29, 0.717) is 13.0 Å². The fourth-order valence-corrected chi connectivity index (χ4v) is 7.52. The van der Waals surface area contributed by atoms with Crippen LogP contribution in [0.1, 0.15) is 219 Å². The Hall–Kier alpha value is -1.81. The van der Waals surface area contributed by atoms with Gasteiger partial charge >= 0.3 is 19.8 Å². The summed E-state index contributed by atoms with van der Waals surface area (Å²) in [7, 11) is -4.62. The highest BCUT2D eigenvalue weighted by Gasteiger charge is 2.27. The van der Waals surface area contributed by atoms with Gasteiger partial charge in [-0.15, -0.1) is 0 Å². The molecule has 0 aromatic rings. The molecule has 0 heterocycles.